The SMILES string of the molecule is Cc1oc2ccc(OCc3c(F)cccc3Cl)cc2c1/C(N)=N/N. The average molecular weight is 348 g/mol. The molecule has 0 saturated carbocycles. The summed E-state index contributed by atoms with van der Waals surface area (Å²) in [5.74, 6) is 6.14. The predicted molar refractivity (Wildman–Crippen MR) is 91.6 cm³/mol. The number of ether oxygens (including phenoxy) is 1. The summed E-state index contributed by atoms with van der Waals surface area (Å²) >= 11 is 6.00. The summed E-state index contributed by atoms with van der Waals surface area (Å²) in [7, 11) is 0. The number of amidine groups is 1. The second kappa shape index (κ2) is 6.41. The first kappa shape index (κ1) is 16.1. The van der Waals surface area contributed by atoms with E-state index in [0.29, 0.717) is 33.2 Å². The van der Waals surface area contributed by atoms with Gasteiger partial charge in [-0.05, 0) is 37.3 Å². The van der Waals surface area contributed by atoms with E-state index < -0.39 is 5.82 Å². The maximum atomic E-state index is 13.8. The van der Waals surface area contributed by atoms with Crippen LogP contribution in [0.3, 0.4) is 0 Å². The monoisotopic (exact) mass is 347 g/mol. The summed E-state index contributed by atoms with van der Waals surface area (Å²) in [6.45, 7) is 1.77. The highest BCUT2D eigenvalue weighted by atomic mass is 35.5. The van der Waals surface area contributed by atoms with Crippen LogP contribution in [0.5, 0.6) is 5.75 Å². The molecule has 24 heavy (non-hydrogen) atoms. The van der Waals surface area contributed by atoms with E-state index in [9.17, 15) is 4.39 Å². The number of hydrogen-bond donors (Lipinski definition) is 2. The second-order valence-corrected chi connectivity index (χ2v) is 5.60. The van der Waals surface area contributed by atoms with Gasteiger partial charge in [0.15, 0.2) is 5.84 Å². The fourth-order valence-electron chi connectivity index (χ4n) is 2.50. The van der Waals surface area contributed by atoms with Crippen LogP contribution in [0.15, 0.2) is 45.9 Å². The third-order valence-electron chi connectivity index (χ3n) is 3.68. The third kappa shape index (κ3) is 2.88. The van der Waals surface area contributed by atoms with Crippen LogP contribution in [0.2, 0.25) is 5.02 Å². The molecule has 3 aromatic rings. The number of rotatable bonds is 4. The van der Waals surface area contributed by atoms with E-state index in [0.717, 1.165) is 5.39 Å². The molecule has 0 unspecified atom stereocenters. The fraction of sp³-hybridized carbons (Fsp3) is 0.118. The Morgan fingerprint density at radius 2 is 2.12 bits per heavy atom. The van der Waals surface area contributed by atoms with Crippen molar-refractivity contribution in [2.24, 2.45) is 16.7 Å². The number of benzene rings is 2. The predicted octanol–water partition coefficient (Wildman–Crippen LogP) is 3.69. The van der Waals surface area contributed by atoms with E-state index in [-0.39, 0.29) is 12.4 Å². The lowest BCUT2D eigenvalue weighted by atomic mass is 10.1. The van der Waals surface area contributed by atoms with Gasteiger partial charge < -0.3 is 20.7 Å². The normalized spacial score (nSPS) is 11.9. The van der Waals surface area contributed by atoms with Gasteiger partial charge in [0.1, 0.15) is 29.5 Å². The van der Waals surface area contributed by atoms with Crippen molar-refractivity contribution in [3.8, 4) is 5.75 Å². The average Bonchev–Trinajstić information content (AvgIpc) is 2.89. The summed E-state index contributed by atoms with van der Waals surface area (Å²) in [5, 5.41) is 4.55. The standard InChI is InChI=1S/C17H15ClFN3O2/c1-9-16(17(20)22-21)11-7-10(5-6-15(11)24-9)23-8-12-13(18)3-2-4-14(12)19/h2-7H,8,21H2,1H3,(H2,20,22). The van der Waals surface area contributed by atoms with Crippen molar-refractivity contribution in [2.45, 2.75) is 13.5 Å². The molecule has 0 bridgehead atoms. The van der Waals surface area contributed by atoms with Gasteiger partial charge in [0.2, 0.25) is 0 Å². The van der Waals surface area contributed by atoms with Gasteiger partial charge in [-0.25, -0.2) is 4.39 Å². The van der Waals surface area contributed by atoms with Crippen LogP contribution in [0.4, 0.5) is 4.39 Å². The van der Waals surface area contributed by atoms with Gasteiger partial charge in [-0.1, -0.05) is 17.7 Å². The summed E-state index contributed by atoms with van der Waals surface area (Å²) in [6.07, 6.45) is 0. The van der Waals surface area contributed by atoms with Crippen molar-refractivity contribution in [1.29, 1.82) is 0 Å². The molecule has 0 fully saturated rings. The van der Waals surface area contributed by atoms with Gasteiger partial charge in [0, 0.05) is 10.9 Å². The molecular formula is C17H15ClFN3O2. The Morgan fingerprint density at radius 3 is 2.83 bits per heavy atom. The summed E-state index contributed by atoms with van der Waals surface area (Å²) < 4.78 is 25.1. The third-order valence-corrected chi connectivity index (χ3v) is 4.03. The van der Waals surface area contributed by atoms with Crippen LogP contribution in [0.25, 0.3) is 11.0 Å². The zero-order valence-electron chi connectivity index (χ0n) is 12.8. The van der Waals surface area contributed by atoms with Crippen LogP contribution in [-0.2, 0) is 6.61 Å². The minimum Gasteiger partial charge on any atom is -0.489 e. The van der Waals surface area contributed by atoms with Crippen LogP contribution in [-0.4, -0.2) is 5.84 Å². The van der Waals surface area contributed by atoms with E-state index in [1.165, 1.54) is 6.07 Å². The Kier molecular flexibility index (Phi) is 4.31. The lowest BCUT2D eigenvalue weighted by Gasteiger charge is -2.09. The van der Waals surface area contributed by atoms with Gasteiger partial charge in [0.25, 0.3) is 0 Å². The van der Waals surface area contributed by atoms with Crippen molar-refractivity contribution in [2.75, 3.05) is 0 Å². The fourth-order valence-corrected chi connectivity index (χ4v) is 2.72. The molecule has 0 radical (unpaired) electrons. The molecule has 7 heteroatoms. The molecule has 3 rings (SSSR count). The van der Waals surface area contributed by atoms with E-state index in [1.807, 2.05) is 0 Å². The molecule has 0 aliphatic heterocycles. The Balaban J connectivity index is 1.94. The summed E-state index contributed by atoms with van der Waals surface area (Å²) in [5.41, 5.74) is 7.36. The number of nitrogens with zero attached hydrogens (tertiary/aromatic N) is 1. The molecule has 4 N–H and O–H groups in total. The van der Waals surface area contributed by atoms with Gasteiger partial charge in [-0.15, -0.1) is 0 Å². The Labute approximate surface area is 142 Å². The van der Waals surface area contributed by atoms with Gasteiger partial charge in [-0.2, -0.15) is 5.10 Å². The Hall–Kier alpha value is -2.73. The largest absolute Gasteiger partial charge is 0.489 e. The lowest BCUT2D eigenvalue weighted by molar-refractivity contribution is 0.300. The number of aryl methyl sites for hydroxylation is 1. The van der Waals surface area contributed by atoms with Crippen LogP contribution in [0.1, 0.15) is 16.9 Å². The molecule has 1 heterocycles. The molecule has 0 amide bonds. The molecule has 0 aliphatic carbocycles. The smallest absolute Gasteiger partial charge is 0.154 e. The molecule has 124 valence electrons. The summed E-state index contributed by atoms with van der Waals surface area (Å²) in [6, 6.07) is 9.70. The molecule has 1 aromatic heterocycles. The highest BCUT2D eigenvalue weighted by Crippen LogP contribution is 2.30. The maximum absolute atomic E-state index is 13.8. The summed E-state index contributed by atoms with van der Waals surface area (Å²) in [4.78, 5) is 0. The molecule has 5 nitrogen and oxygen atoms in total. The topological polar surface area (TPSA) is 86.8 Å². The minimum absolute atomic E-state index is 0.00361. The molecule has 2 aromatic carbocycles. The zero-order valence-corrected chi connectivity index (χ0v) is 13.6. The van der Waals surface area contributed by atoms with E-state index >= 15 is 0 Å². The highest BCUT2D eigenvalue weighted by molar-refractivity contribution is 6.31. The number of hydrazone groups is 1. The zero-order chi connectivity index (χ0) is 17.3. The number of hydrogen-bond acceptors (Lipinski definition) is 4. The molecular weight excluding hydrogens is 333 g/mol. The number of fused-ring (bicyclic) bond motifs is 1. The van der Waals surface area contributed by atoms with E-state index in [2.05, 4.69) is 5.10 Å². The Bertz CT molecular complexity index is 917. The first-order valence-electron chi connectivity index (χ1n) is 7.14. The van der Waals surface area contributed by atoms with Crippen molar-refractivity contribution in [3.05, 3.63) is 64.1 Å². The Morgan fingerprint density at radius 1 is 1.33 bits per heavy atom. The van der Waals surface area contributed by atoms with E-state index in [1.54, 1.807) is 37.3 Å². The van der Waals surface area contributed by atoms with Gasteiger partial charge in [0.05, 0.1) is 10.6 Å². The van der Waals surface area contributed by atoms with Gasteiger partial charge >= 0.3 is 0 Å². The highest BCUT2D eigenvalue weighted by Gasteiger charge is 2.15. The molecule has 0 saturated heterocycles. The first-order valence-corrected chi connectivity index (χ1v) is 7.51. The van der Waals surface area contributed by atoms with E-state index in [4.69, 9.17) is 32.3 Å². The van der Waals surface area contributed by atoms with Crippen molar-refractivity contribution < 1.29 is 13.5 Å². The molecule has 0 atom stereocenters. The number of furan rings is 1. The van der Waals surface area contributed by atoms with Crippen LogP contribution in [0, 0.1) is 12.7 Å². The maximum Gasteiger partial charge on any atom is 0.154 e. The van der Waals surface area contributed by atoms with Crippen molar-refractivity contribution in [1.82, 2.24) is 0 Å². The van der Waals surface area contributed by atoms with Gasteiger partial charge in [-0.3, -0.25) is 0 Å². The first-order chi connectivity index (χ1) is 11.5. The van der Waals surface area contributed by atoms with Crippen molar-refractivity contribution in [3.63, 3.8) is 0 Å². The molecule has 0 spiro atoms. The second-order valence-electron chi connectivity index (χ2n) is 5.19. The number of halogens is 2. The van der Waals surface area contributed by atoms with Crippen molar-refractivity contribution >= 4 is 28.4 Å². The number of nitrogens with two attached hydrogens (primary N) is 2. The lowest BCUT2D eigenvalue weighted by Crippen LogP contribution is -2.16. The van der Waals surface area contributed by atoms with Crippen LogP contribution >= 0.6 is 11.6 Å². The van der Waals surface area contributed by atoms with Crippen LogP contribution < -0.4 is 16.3 Å². The quantitative estimate of drug-likeness (QED) is 0.326. The minimum atomic E-state index is -0.414. The molecule has 0 aliphatic rings.